The summed E-state index contributed by atoms with van der Waals surface area (Å²) in [6.45, 7) is 0. The van der Waals surface area contributed by atoms with Crippen molar-refractivity contribution in [2.75, 3.05) is 11.6 Å². The molecular formula is C4H10AsClS. The second-order valence-corrected chi connectivity index (χ2v) is 11.2. The van der Waals surface area contributed by atoms with Gasteiger partial charge >= 0.3 is 58.2 Å². The summed E-state index contributed by atoms with van der Waals surface area (Å²) in [6, 6.07) is 0. The number of alkyl halides is 1. The Labute approximate surface area is 58.2 Å². The van der Waals surface area contributed by atoms with Crippen molar-refractivity contribution in [3.63, 3.8) is 0 Å². The van der Waals surface area contributed by atoms with E-state index in [9.17, 15) is 0 Å². The van der Waals surface area contributed by atoms with Gasteiger partial charge in [-0.15, -0.1) is 0 Å². The summed E-state index contributed by atoms with van der Waals surface area (Å²) >= 11 is 5.04. The van der Waals surface area contributed by atoms with Crippen molar-refractivity contribution in [1.82, 2.24) is 0 Å². The maximum atomic E-state index is 5.45. The first-order valence-corrected chi connectivity index (χ1v) is 9.66. The quantitative estimate of drug-likeness (QED) is 0.497. The third kappa shape index (κ3) is 7.20. The Morgan fingerprint density at radius 2 is 2.14 bits per heavy atom. The van der Waals surface area contributed by atoms with E-state index in [1.165, 1.54) is 0 Å². The molecule has 0 rings (SSSR count). The molecule has 0 bridgehead atoms. The van der Waals surface area contributed by atoms with Crippen LogP contribution < -0.4 is 0 Å². The zero-order chi connectivity index (χ0) is 5.70. The van der Waals surface area contributed by atoms with Crippen molar-refractivity contribution in [1.29, 1.82) is 0 Å². The van der Waals surface area contributed by atoms with Gasteiger partial charge in [-0.2, -0.15) is 0 Å². The molecule has 0 radical (unpaired) electrons. The van der Waals surface area contributed by atoms with Crippen LogP contribution in [-0.4, -0.2) is 25.1 Å². The van der Waals surface area contributed by atoms with Crippen molar-refractivity contribution in [3.8, 4) is 0 Å². The van der Waals surface area contributed by atoms with E-state index in [1.54, 1.807) is 0 Å². The third-order valence-corrected chi connectivity index (χ3v) is 6.14. The summed E-state index contributed by atoms with van der Waals surface area (Å²) in [6.07, 6.45) is 0. The van der Waals surface area contributed by atoms with Gasteiger partial charge in [0.05, 0.1) is 0 Å². The van der Waals surface area contributed by atoms with E-state index in [2.05, 4.69) is 11.4 Å². The second kappa shape index (κ2) is 5.34. The number of halogens is 1. The normalized spacial score (nSPS) is 10.3. The molecule has 0 aliphatic carbocycles. The Hall–Kier alpha value is 1.20. The summed E-state index contributed by atoms with van der Waals surface area (Å²) < 4.78 is 0. The molecule has 0 amide bonds. The fourth-order valence-corrected chi connectivity index (χ4v) is 4.46. The molecule has 0 aliphatic rings. The molecule has 0 spiro atoms. The van der Waals surface area contributed by atoms with E-state index in [-0.39, 0.29) is 0 Å². The summed E-state index contributed by atoms with van der Waals surface area (Å²) in [5, 5.41) is 0. The summed E-state index contributed by atoms with van der Waals surface area (Å²) in [4.78, 5) is 0. The van der Waals surface area contributed by atoms with Crippen LogP contribution in [0.15, 0.2) is 0 Å². The standard InChI is InChI=1S/C4H10AsClS/c1-5(2)7-4-3-6/h3-4H2,1-2H3. The van der Waals surface area contributed by atoms with E-state index in [4.69, 9.17) is 11.6 Å². The number of rotatable bonds is 3. The SMILES string of the molecule is C[As](C)SCCCl. The minimum atomic E-state index is -0.410. The van der Waals surface area contributed by atoms with Crippen molar-refractivity contribution in [2.24, 2.45) is 0 Å². The molecule has 44 valence electrons. The molecule has 3 heteroatoms. The van der Waals surface area contributed by atoms with E-state index >= 15 is 0 Å². The first-order valence-electron chi connectivity index (χ1n) is 2.13. The molecule has 0 saturated heterocycles. The Morgan fingerprint density at radius 3 is 2.29 bits per heavy atom. The fraction of sp³-hybridized carbons (Fsp3) is 1.00. The molecule has 0 aromatic carbocycles. The predicted octanol–water partition coefficient (Wildman–Crippen LogP) is 2.21. The van der Waals surface area contributed by atoms with Gasteiger partial charge in [-0.1, -0.05) is 0 Å². The first kappa shape index (κ1) is 8.20. The van der Waals surface area contributed by atoms with Gasteiger partial charge in [0.25, 0.3) is 0 Å². The van der Waals surface area contributed by atoms with Crippen LogP contribution in [0, 0.1) is 0 Å². The molecule has 0 aliphatic heterocycles. The molecule has 0 nitrogen and oxygen atoms in total. The topological polar surface area (TPSA) is 0 Å². The van der Waals surface area contributed by atoms with E-state index in [0.29, 0.717) is 0 Å². The van der Waals surface area contributed by atoms with Crippen LogP contribution in [0.5, 0.6) is 0 Å². The molecular weight excluding hydrogens is 190 g/mol. The van der Waals surface area contributed by atoms with Crippen molar-refractivity contribution in [2.45, 2.75) is 11.4 Å². The zero-order valence-electron chi connectivity index (χ0n) is 4.65. The van der Waals surface area contributed by atoms with E-state index in [1.807, 2.05) is 10.0 Å². The second-order valence-electron chi connectivity index (χ2n) is 1.33. The molecule has 0 aromatic rings. The average Bonchev–Trinajstić information content (AvgIpc) is 1.61. The minimum absolute atomic E-state index is 0.410. The van der Waals surface area contributed by atoms with E-state index < -0.39 is 13.5 Å². The average molecular weight is 201 g/mol. The maximum absolute atomic E-state index is 5.45. The number of hydrogen-bond acceptors (Lipinski definition) is 1. The monoisotopic (exact) mass is 200 g/mol. The first-order chi connectivity index (χ1) is 3.27. The van der Waals surface area contributed by atoms with Gasteiger partial charge in [0, 0.05) is 0 Å². The molecule has 0 atom stereocenters. The Kier molecular flexibility index (Phi) is 6.25. The van der Waals surface area contributed by atoms with Gasteiger partial charge in [0.1, 0.15) is 0 Å². The van der Waals surface area contributed by atoms with Crippen LogP contribution >= 0.6 is 21.6 Å². The van der Waals surface area contributed by atoms with Gasteiger partial charge in [0.15, 0.2) is 0 Å². The van der Waals surface area contributed by atoms with Crippen molar-refractivity contribution < 1.29 is 0 Å². The molecule has 0 heterocycles. The van der Waals surface area contributed by atoms with Crippen LogP contribution in [0.2, 0.25) is 11.4 Å². The molecule has 0 N–H and O–H groups in total. The van der Waals surface area contributed by atoms with Crippen molar-refractivity contribution >= 4 is 35.1 Å². The summed E-state index contributed by atoms with van der Waals surface area (Å²) in [5.41, 5.74) is 4.65. The Morgan fingerprint density at radius 1 is 1.57 bits per heavy atom. The van der Waals surface area contributed by atoms with Crippen LogP contribution in [0.3, 0.4) is 0 Å². The Bertz CT molecular complexity index is 40.7. The van der Waals surface area contributed by atoms with Crippen molar-refractivity contribution in [3.05, 3.63) is 0 Å². The van der Waals surface area contributed by atoms with Gasteiger partial charge in [-0.25, -0.2) is 0 Å². The van der Waals surface area contributed by atoms with Crippen LogP contribution in [0.4, 0.5) is 0 Å². The fourth-order valence-electron chi connectivity index (χ4n) is 0.217. The van der Waals surface area contributed by atoms with Gasteiger partial charge < -0.3 is 0 Å². The molecule has 0 fully saturated rings. The van der Waals surface area contributed by atoms with E-state index in [0.717, 1.165) is 11.6 Å². The zero-order valence-corrected chi connectivity index (χ0v) is 8.10. The van der Waals surface area contributed by atoms with Gasteiger partial charge in [-0.05, 0) is 0 Å². The molecule has 7 heavy (non-hydrogen) atoms. The van der Waals surface area contributed by atoms with Crippen LogP contribution in [0.1, 0.15) is 0 Å². The summed E-state index contributed by atoms with van der Waals surface area (Å²) in [7, 11) is 2.05. The van der Waals surface area contributed by atoms with Crippen LogP contribution in [-0.2, 0) is 0 Å². The van der Waals surface area contributed by atoms with Crippen LogP contribution in [0.25, 0.3) is 0 Å². The molecule has 0 unspecified atom stereocenters. The Balaban J connectivity index is 2.68. The number of hydrogen-bond donors (Lipinski definition) is 0. The predicted molar refractivity (Wildman–Crippen MR) is 40.7 cm³/mol. The van der Waals surface area contributed by atoms with Gasteiger partial charge in [0.2, 0.25) is 0 Å². The molecule has 0 saturated carbocycles. The molecule has 0 aromatic heterocycles. The van der Waals surface area contributed by atoms with Gasteiger partial charge in [-0.3, -0.25) is 0 Å². The third-order valence-electron chi connectivity index (χ3n) is 0.427. The summed E-state index contributed by atoms with van der Waals surface area (Å²) in [5.74, 6) is 1.96.